The van der Waals surface area contributed by atoms with Gasteiger partial charge in [-0.3, -0.25) is 9.80 Å². The molecule has 0 unspecified atom stereocenters. The van der Waals surface area contributed by atoms with Crippen molar-refractivity contribution >= 4 is 18.2 Å². The Morgan fingerprint density at radius 3 is 2.60 bits per heavy atom. The lowest BCUT2D eigenvalue weighted by Gasteiger charge is -2.31. The van der Waals surface area contributed by atoms with Gasteiger partial charge in [-0.15, -0.1) is 0 Å². The van der Waals surface area contributed by atoms with Gasteiger partial charge in [0, 0.05) is 31.6 Å². The van der Waals surface area contributed by atoms with E-state index in [4.69, 9.17) is 0 Å². The van der Waals surface area contributed by atoms with Crippen LogP contribution in [0.1, 0.15) is 0 Å². The second kappa shape index (κ2) is 3.83. The lowest BCUT2D eigenvalue weighted by molar-refractivity contribution is -0.130. The van der Waals surface area contributed by atoms with E-state index in [9.17, 15) is 4.79 Å². The highest BCUT2D eigenvalue weighted by Gasteiger charge is 2.12. The molecule has 1 rings (SSSR count). The van der Waals surface area contributed by atoms with Crippen molar-refractivity contribution in [2.45, 2.75) is 0 Å². The quantitative estimate of drug-likeness (QED) is 0.533. The largest absolute Gasteiger partial charge is 0.281 e. The van der Waals surface area contributed by atoms with Crippen LogP contribution >= 0.6 is 11.8 Å². The average Bonchev–Trinajstić information content (AvgIpc) is 2.05. The molecular weight excluding hydrogens is 148 g/mol. The van der Waals surface area contributed by atoms with Gasteiger partial charge < -0.3 is 0 Å². The first-order valence-electron chi connectivity index (χ1n) is 3.35. The summed E-state index contributed by atoms with van der Waals surface area (Å²) in [4.78, 5) is 10.3. The summed E-state index contributed by atoms with van der Waals surface area (Å²) in [5, 5.41) is 3.68. The Hall–Kier alpha value is -0.220. The second-order valence-electron chi connectivity index (χ2n) is 2.25. The SMILES string of the molecule is CN(C=O)N1CCSCC1. The molecule has 0 saturated carbocycles. The third-order valence-electron chi connectivity index (χ3n) is 1.59. The molecule has 3 nitrogen and oxygen atoms in total. The van der Waals surface area contributed by atoms with Crippen LogP contribution in [0.15, 0.2) is 0 Å². The van der Waals surface area contributed by atoms with Gasteiger partial charge in [0.15, 0.2) is 0 Å². The topological polar surface area (TPSA) is 23.6 Å². The van der Waals surface area contributed by atoms with Gasteiger partial charge in [-0.05, 0) is 0 Å². The van der Waals surface area contributed by atoms with Gasteiger partial charge >= 0.3 is 0 Å². The lowest BCUT2D eigenvalue weighted by atomic mass is 10.6. The summed E-state index contributed by atoms with van der Waals surface area (Å²) in [6, 6.07) is 0. The van der Waals surface area contributed by atoms with Crippen LogP contribution in [0, 0.1) is 0 Å². The minimum Gasteiger partial charge on any atom is -0.281 e. The summed E-state index contributed by atoms with van der Waals surface area (Å²) in [5.74, 6) is 2.27. The number of carbonyl (C=O) groups is 1. The van der Waals surface area contributed by atoms with Gasteiger partial charge in [0.05, 0.1) is 0 Å². The van der Waals surface area contributed by atoms with Gasteiger partial charge in [0.1, 0.15) is 0 Å². The highest BCUT2D eigenvalue weighted by Crippen LogP contribution is 2.09. The van der Waals surface area contributed by atoms with Crippen molar-refractivity contribution in [2.75, 3.05) is 31.6 Å². The Kier molecular flexibility index (Phi) is 3.02. The van der Waals surface area contributed by atoms with Crippen molar-refractivity contribution in [3.8, 4) is 0 Å². The fourth-order valence-corrected chi connectivity index (χ4v) is 1.82. The van der Waals surface area contributed by atoms with Crippen molar-refractivity contribution in [3.63, 3.8) is 0 Å². The average molecular weight is 160 g/mol. The van der Waals surface area contributed by atoms with E-state index in [1.807, 2.05) is 11.8 Å². The maximum atomic E-state index is 10.3. The Bertz CT molecular complexity index is 114. The van der Waals surface area contributed by atoms with E-state index in [0.29, 0.717) is 0 Å². The zero-order chi connectivity index (χ0) is 7.40. The maximum Gasteiger partial charge on any atom is 0.223 e. The number of thioether (sulfide) groups is 1. The summed E-state index contributed by atoms with van der Waals surface area (Å²) < 4.78 is 0. The Labute approximate surface area is 65.3 Å². The van der Waals surface area contributed by atoms with Crippen LogP contribution in [0.2, 0.25) is 0 Å². The number of carbonyl (C=O) groups excluding carboxylic acids is 1. The van der Waals surface area contributed by atoms with Crippen LogP contribution in [0.5, 0.6) is 0 Å². The van der Waals surface area contributed by atoms with E-state index in [-0.39, 0.29) is 0 Å². The van der Waals surface area contributed by atoms with Crippen LogP contribution < -0.4 is 0 Å². The molecule has 10 heavy (non-hydrogen) atoms. The first kappa shape index (κ1) is 7.88. The van der Waals surface area contributed by atoms with Crippen LogP contribution in [0.25, 0.3) is 0 Å². The van der Waals surface area contributed by atoms with E-state index < -0.39 is 0 Å². The molecule has 0 spiro atoms. The minimum atomic E-state index is 0.857. The van der Waals surface area contributed by atoms with Crippen molar-refractivity contribution in [3.05, 3.63) is 0 Å². The molecular formula is C6H12N2OS. The number of amides is 1. The molecule has 0 atom stereocenters. The summed E-state index contributed by atoms with van der Waals surface area (Å²) in [7, 11) is 1.79. The molecule has 1 fully saturated rings. The van der Waals surface area contributed by atoms with Gasteiger partial charge in [0.25, 0.3) is 0 Å². The molecule has 1 saturated heterocycles. The fraction of sp³-hybridized carbons (Fsp3) is 0.833. The van der Waals surface area contributed by atoms with Crippen LogP contribution in [0.4, 0.5) is 0 Å². The minimum absolute atomic E-state index is 0.857. The predicted molar refractivity (Wildman–Crippen MR) is 42.7 cm³/mol. The fourth-order valence-electron chi connectivity index (χ4n) is 0.936. The van der Waals surface area contributed by atoms with E-state index in [2.05, 4.69) is 5.01 Å². The summed E-state index contributed by atoms with van der Waals surface area (Å²) in [5.41, 5.74) is 0. The molecule has 0 aliphatic carbocycles. The molecule has 1 aliphatic heterocycles. The highest BCUT2D eigenvalue weighted by atomic mass is 32.2. The number of hydrogen-bond donors (Lipinski definition) is 0. The zero-order valence-electron chi connectivity index (χ0n) is 6.12. The van der Waals surface area contributed by atoms with Gasteiger partial charge in [0.2, 0.25) is 6.41 Å². The molecule has 1 aliphatic rings. The zero-order valence-corrected chi connectivity index (χ0v) is 6.93. The van der Waals surface area contributed by atoms with Gasteiger partial charge in [-0.25, -0.2) is 5.01 Å². The van der Waals surface area contributed by atoms with Crippen LogP contribution in [-0.4, -0.2) is 48.1 Å². The molecule has 0 radical (unpaired) electrons. The number of hydrogen-bond acceptors (Lipinski definition) is 3. The van der Waals surface area contributed by atoms with Crippen molar-refractivity contribution < 1.29 is 4.79 Å². The van der Waals surface area contributed by atoms with E-state index in [1.165, 1.54) is 0 Å². The molecule has 0 aromatic heterocycles. The lowest BCUT2D eigenvalue weighted by Crippen LogP contribution is -2.43. The third-order valence-corrected chi connectivity index (χ3v) is 2.53. The van der Waals surface area contributed by atoms with Crippen molar-refractivity contribution in [2.24, 2.45) is 0 Å². The van der Waals surface area contributed by atoms with E-state index in [0.717, 1.165) is 31.0 Å². The second-order valence-corrected chi connectivity index (χ2v) is 3.47. The molecule has 0 N–H and O–H groups in total. The monoisotopic (exact) mass is 160 g/mol. The molecule has 1 amide bonds. The Balaban J connectivity index is 2.30. The maximum absolute atomic E-state index is 10.3. The van der Waals surface area contributed by atoms with Crippen LogP contribution in [-0.2, 0) is 4.79 Å². The van der Waals surface area contributed by atoms with Crippen molar-refractivity contribution in [1.29, 1.82) is 0 Å². The van der Waals surface area contributed by atoms with E-state index in [1.54, 1.807) is 12.1 Å². The first-order chi connectivity index (χ1) is 4.84. The molecule has 0 aromatic carbocycles. The molecule has 1 heterocycles. The highest BCUT2D eigenvalue weighted by molar-refractivity contribution is 7.99. The predicted octanol–water partition coefficient (Wildman–Crippen LogP) is 0.0384. The number of hydrazine groups is 1. The first-order valence-corrected chi connectivity index (χ1v) is 4.51. The normalized spacial score (nSPS) is 20.5. The van der Waals surface area contributed by atoms with Crippen molar-refractivity contribution in [1.82, 2.24) is 10.0 Å². The molecule has 58 valence electrons. The van der Waals surface area contributed by atoms with E-state index >= 15 is 0 Å². The summed E-state index contributed by atoms with van der Waals surface area (Å²) in [6.45, 7) is 2.00. The van der Waals surface area contributed by atoms with Gasteiger partial charge in [-0.1, -0.05) is 0 Å². The molecule has 4 heteroatoms. The number of nitrogens with zero attached hydrogens (tertiary/aromatic N) is 2. The smallest absolute Gasteiger partial charge is 0.223 e. The molecule has 0 aromatic rings. The van der Waals surface area contributed by atoms with Crippen LogP contribution in [0.3, 0.4) is 0 Å². The molecule has 0 bridgehead atoms. The summed E-state index contributed by atoms with van der Waals surface area (Å²) in [6.07, 6.45) is 0.857. The third kappa shape index (κ3) is 1.88. The Morgan fingerprint density at radius 1 is 1.50 bits per heavy atom. The standard InChI is InChI=1S/C6H12N2OS/c1-7(6-9)8-2-4-10-5-3-8/h6H,2-5H2,1H3. The number of rotatable bonds is 2. The van der Waals surface area contributed by atoms with Gasteiger partial charge in [-0.2, -0.15) is 11.8 Å². The summed E-state index contributed by atoms with van der Waals surface area (Å²) >= 11 is 1.94. The Morgan fingerprint density at radius 2 is 2.10 bits per heavy atom.